The molecule has 28 heavy (non-hydrogen) atoms. The fourth-order valence-corrected chi connectivity index (χ4v) is 3.61. The van der Waals surface area contributed by atoms with Crippen molar-refractivity contribution in [3.8, 4) is 5.75 Å². The van der Waals surface area contributed by atoms with Gasteiger partial charge in [0.15, 0.2) is 0 Å². The van der Waals surface area contributed by atoms with Crippen LogP contribution in [0, 0.1) is 0 Å². The van der Waals surface area contributed by atoms with Crippen molar-refractivity contribution in [2.24, 2.45) is 0 Å². The van der Waals surface area contributed by atoms with Gasteiger partial charge in [-0.25, -0.2) is 4.79 Å². The van der Waals surface area contributed by atoms with Crippen LogP contribution in [0.1, 0.15) is 30.9 Å². The van der Waals surface area contributed by atoms with E-state index in [1.54, 1.807) is 4.90 Å². The summed E-state index contributed by atoms with van der Waals surface area (Å²) in [5, 5.41) is 14.1. The third-order valence-electron chi connectivity index (χ3n) is 5.15. The normalized spacial score (nSPS) is 14.0. The zero-order valence-electron chi connectivity index (χ0n) is 15.7. The lowest BCUT2D eigenvalue weighted by Gasteiger charge is -2.16. The van der Waals surface area contributed by atoms with Crippen LogP contribution in [-0.4, -0.2) is 17.6 Å². The maximum atomic E-state index is 11.9. The minimum absolute atomic E-state index is 0.135. The van der Waals surface area contributed by atoms with Gasteiger partial charge >= 0.3 is 5.63 Å². The number of carbonyl (C=O) groups excluding carboxylic acids is 1. The summed E-state index contributed by atoms with van der Waals surface area (Å²) < 4.78 is 5.24. The first-order valence-electron chi connectivity index (χ1n) is 9.48. The molecule has 4 rings (SSSR count). The monoisotopic (exact) mass is 378 g/mol. The zero-order valence-corrected chi connectivity index (χ0v) is 15.7. The quantitative estimate of drug-likeness (QED) is 0.660. The van der Waals surface area contributed by atoms with Gasteiger partial charge in [-0.05, 0) is 54.3 Å². The number of nitrogens with one attached hydrogen (secondary N) is 1. The van der Waals surface area contributed by atoms with Crippen LogP contribution in [-0.2, 0) is 17.8 Å². The smallest absolute Gasteiger partial charge is 0.336 e. The Bertz CT molecular complexity index is 1090. The molecule has 0 atom stereocenters. The molecule has 0 bridgehead atoms. The van der Waals surface area contributed by atoms with Gasteiger partial charge in [-0.2, -0.15) is 0 Å². The van der Waals surface area contributed by atoms with Gasteiger partial charge in [-0.3, -0.25) is 4.79 Å². The molecule has 0 radical (unpaired) electrons. The first kappa shape index (κ1) is 18.1. The Kier molecular flexibility index (Phi) is 4.77. The number of phenolic OH excluding ortho intramolecular Hbond substituents is 1. The predicted octanol–water partition coefficient (Wildman–Crippen LogP) is 3.80. The van der Waals surface area contributed by atoms with Gasteiger partial charge in [-0.15, -0.1) is 0 Å². The summed E-state index contributed by atoms with van der Waals surface area (Å²) in [7, 11) is 0. The average molecular weight is 378 g/mol. The highest BCUT2D eigenvalue weighted by Gasteiger charge is 2.21. The van der Waals surface area contributed by atoms with E-state index >= 15 is 0 Å². The molecule has 1 aromatic heterocycles. The van der Waals surface area contributed by atoms with Gasteiger partial charge in [0.25, 0.3) is 0 Å². The lowest BCUT2D eigenvalue weighted by Crippen LogP contribution is -2.23. The van der Waals surface area contributed by atoms with Crippen LogP contribution < -0.4 is 15.8 Å². The van der Waals surface area contributed by atoms with E-state index in [2.05, 4.69) is 5.32 Å². The molecule has 6 heteroatoms. The van der Waals surface area contributed by atoms with Crippen molar-refractivity contribution in [3.05, 3.63) is 64.0 Å². The van der Waals surface area contributed by atoms with E-state index in [-0.39, 0.29) is 11.7 Å². The molecule has 1 fully saturated rings. The Hall–Kier alpha value is -3.28. The van der Waals surface area contributed by atoms with Gasteiger partial charge < -0.3 is 19.7 Å². The summed E-state index contributed by atoms with van der Waals surface area (Å²) in [5.41, 5.74) is 3.34. The number of nitrogens with zero attached hydrogens (tertiary/aromatic N) is 1. The standard InChI is InChI=1S/C22H22N2O4/c1-2-14-10-18-15(11-22(27)28-20(18)12-19(14)25)13-23-16-5-7-17(8-6-16)24-9-3-4-21(24)26/h5-8,10-12,23,25H,2-4,9,13H2,1H3. The number of anilines is 2. The molecule has 0 spiro atoms. The Morgan fingerprint density at radius 2 is 1.89 bits per heavy atom. The largest absolute Gasteiger partial charge is 0.508 e. The van der Waals surface area contributed by atoms with Crippen molar-refractivity contribution in [2.75, 3.05) is 16.8 Å². The Morgan fingerprint density at radius 3 is 2.57 bits per heavy atom. The third-order valence-corrected chi connectivity index (χ3v) is 5.15. The van der Waals surface area contributed by atoms with Gasteiger partial charge in [0.2, 0.25) is 5.91 Å². The number of carbonyl (C=O) groups is 1. The number of amides is 1. The molecule has 2 aromatic carbocycles. The molecule has 0 saturated carbocycles. The number of benzene rings is 2. The van der Waals surface area contributed by atoms with Crippen molar-refractivity contribution < 1.29 is 14.3 Å². The molecule has 2 heterocycles. The van der Waals surface area contributed by atoms with Crippen molar-refractivity contribution in [1.29, 1.82) is 0 Å². The summed E-state index contributed by atoms with van der Waals surface area (Å²) in [6, 6.07) is 12.6. The first-order valence-corrected chi connectivity index (χ1v) is 9.48. The second-order valence-electron chi connectivity index (χ2n) is 6.97. The summed E-state index contributed by atoms with van der Waals surface area (Å²) >= 11 is 0. The highest BCUT2D eigenvalue weighted by atomic mass is 16.4. The summed E-state index contributed by atoms with van der Waals surface area (Å²) in [4.78, 5) is 25.6. The molecule has 1 aliphatic heterocycles. The Balaban J connectivity index is 1.57. The van der Waals surface area contributed by atoms with E-state index in [1.807, 2.05) is 37.3 Å². The van der Waals surface area contributed by atoms with Crippen molar-refractivity contribution in [2.45, 2.75) is 32.7 Å². The molecule has 0 aliphatic carbocycles. The molecule has 1 amide bonds. The molecule has 6 nitrogen and oxygen atoms in total. The number of hydrogen-bond acceptors (Lipinski definition) is 5. The second-order valence-corrected chi connectivity index (χ2v) is 6.97. The van der Waals surface area contributed by atoms with Gasteiger partial charge in [-0.1, -0.05) is 6.92 Å². The highest BCUT2D eigenvalue weighted by Crippen LogP contribution is 2.28. The fraction of sp³-hybridized carbons (Fsp3) is 0.273. The molecular formula is C22H22N2O4. The van der Waals surface area contributed by atoms with Gasteiger partial charge in [0, 0.05) is 48.4 Å². The third kappa shape index (κ3) is 3.45. The Labute approximate surface area is 162 Å². The van der Waals surface area contributed by atoms with Gasteiger partial charge in [0.05, 0.1) is 0 Å². The van der Waals surface area contributed by atoms with Crippen LogP contribution in [0.5, 0.6) is 5.75 Å². The SMILES string of the molecule is CCc1cc2c(CNc3ccc(N4CCCC4=O)cc3)cc(=O)oc2cc1O. The molecule has 2 N–H and O–H groups in total. The maximum absolute atomic E-state index is 11.9. The van der Waals surface area contributed by atoms with Crippen LogP contribution in [0.3, 0.4) is 0 Å². The van der Waals surface area contributed by atoms with E-state index in [0.29, 0.717) is 25.0 Å². The van der Waals surface area contributed by atoms with Crippen LogP contribution in [0.15, 0.2) is 51.7 Å². The molecule has 3 aromatic rings. The van der Waals surface area contributed by atoms with Crippen LogP contribution >= 0.6 is 0 Å². The minimum atomic E-state index is -0.448. The van der Waals surface area contributed by atoms with Crippen LogP contribution in [0.2, 0.25) is 0 Å². The second kappa shape index (κ2) is 7.38. The van der Waals surface area contributed by atoms with E-state index in [9.17, 15) is 14.7 Å². The topological polar surface area (TPSA) is 82.8 Å². The molecule has 1 saturated heterocycles. The number of aryl methyl sites for hydroxylation is 1. The number of rotatable bonds is 5. The van der Waals surface area contributed by atoms with E-state index in [0.717, 1.165) is 40.9 Å². The van der Waals surface area contributed by atoms with E-state index in [4.69, 9.17) is 4.42 Å². The van der Waals surface area contributed by atoms with E-state index < -0.39 is 5.63 Å². The van der Waals surface area contributed by atoms with Crippen molar-refractivity contribution in [3.63, 3.8) is 0 Å². The average Bonchev–Trinajstić information content (AvgIpc) is 3.12. The maximum Gasteiger partial charge on any atom is 0.336 e. The zero-order chi connectivity index (χ0) is 19.7. The number of phenols is 1. The number of fused-ring (bicyclic) bond motifs is 1. The summed E-state index contributed by atoms with van der Waals surface area (Å²) in [5.74, 6) is 0.300. The number of hydrogen-bond donors (Lipinski definition) is 2. The molecular weight excluding hydrogens is 356 g/mol. The fourth-order valence-electron chi connectivity index (χ4n) is 3.61. The van der Waals surface area contributed by atoms with Crippen molar-refractivity contribution >= 4 is 28.3 Å². The van der Waals surface area contributed by atoms with Gasteiger partial charge in [0.1, 0.15) is 11.3 Å². The molecule has 0 unspecified atom stereocenters. The van der Waals surface area contributed by atoms with Crippen molar-refractivity contribution in [1.82, 2.24) is 0 Å². The summed E-state index contributed by atoms with van der Waals surface area (Å²) in [6.45, 7) is 3.17. The Morgan fingerprint density at radius 1 is 1.11 bits per heavy atom. The minimum Gasteiger partial charge on any atom is -0.508 e. The predicted molar refractivity (Wildman–Crippen MR) is 109 cm³/mol. The number of aromatic hydroxyl groups is 1. The lowest BCUT2D eigenvalue weighted by atomic mass is 10.0. The molecule has 1 aliphatic rings. The lowest BCUT2D eigenvalue weighted by molar-refractivity contribution is -0.117. The van der Waals surface area contributed by atoms with Crippen LogP contribution in [0.25, 0.3) is 11.0 Å². The van der Waals surface area contributed by atoms with E-state index in [1.165, 1.54) is 12.1 Å². The highest BCUT2D eigenvalue weighted by molar-refractivity contribution is 5.95. The summed E-state index contributed by atoms with van der Waals surface area (Å²) in [6.07, 6.45) is 2.20. The van der Waals surface area contributed by atoms with Crippen LogP contribution in [0.4, 0.5) is 11.4 Å². The molecule has 144 valence electrons. The first-order chi connectivity index (χ1) is 13.5.